The van der Waals surface area contributed by atoms with Crippen molar-refractivity contribution in [1.82, 2.24) is 10.3 Å². The first-order valence-electron chi connectivity index (χ1n) is 7.27. The van der Waals surface area contributed by atoms with Crippen LogP contribution in [0.25, 0.3) is 6.08 Å². The van der Waals surface area contributed by atoms with Crippen LogP contribution in [0.3, 0.4) is 0 Å². The van der Waals surface area contributed by atoms with Crippen LogP contribution in [-0.2, 0) is 10.9 Å². The highest BCUT2D eigenvalue weighted by Gasteiger charge is 2.35. The van der Waals surface area contributed by atoms with Crippen molar-refractivity contribution in [3.8, 4) is 5.88 Å². The predicted octanol–water partition coefficient (Wildman–Crippen LogP) is 4.04. The normalized spacial score (nSPS) is 12.3. The van der Waals surface area contributed by atoms with Crippen LogP contribution in [0.15, 0.2) is 18.3 Å². The van der Waals surface area contributed by atoms with E-state index in [1.165, 1.54) is 12.3 Å². The van der Waals surface area contributed by atoms with Crippen LogP contribution in [0.1, 0.15) is 38.3 Å². The van der Waals surface area contributed by atoms with E-state index in [-0.39, 0.29) is 0 Å². The predicted molar refractivity (Wildman–Crippen MR) is 83.7 cm³/mol. The van der Waals surface area contributed by atoms with E-state index >= 15 is 0 Å². The minimum Gasteiger partial charge on any atom is -0.481 e. The summed E-state index contributed by atoms with van der Waals surface area (Å²) >= 11 is 0. The van der Waals surface area contributed by atoms with Gasteiger partial charge in [-0.1, -0.05) is 12.2 Å². The van der Waals surface area contributed by atoms with Crippen molar-refractivity contribution in [3.05, 3.63) is 29.5 Å². The molecule has 0 aliphatic carbocycles. The van der Waals surface area contributed by atoms with Gasteiger partial charge in [-0.2, -0.15) is 13.2 Å². The topological polar surface area (TPSA) is 60.5 Å². The van der Waals surface area contributed by atoms with Crippen LogP contribution >= 0.6 is 0 Å². The lowest BCUT2D eigenvalue weighted by Crippen LogP contribution is -2.32. The molecule has 5 nitrogen and oxygen atoms in total. The Kier molecular flexibility index (Phi) is 6.62. The molecule has 0 saturated heterocycles. The van der Waals surface area contributed by atoms with Gasteiger partial charge in [0, 0.05) is 12.7 Å². The molecule has 0 aromatic carbocycles. The highest BCUT2D eigenvalue weighted by Crippen LogP contribution is 2.35. The molecule has 0 aliphatic heterocycles. The molecule has 0 fully saturated rings. The summed E-state index contributed by atoms with van der Waals surface area (Å²) in [5.41, 5.74) is -1.22. The van der Waals surface area contributed by atoms with Gasteiger partial charge in [0.05, 0.1) is 7.11 Å². The summed E-state index contributed by atoms with van der Waals surface area (Å²) in [7, 11) is 1.13. The standard InChI is InChI=1S/C16H21F3N2O3/c1-15(2,3)24-14(22)20-8-6-5-7-11-9-12(16(17,18)19)13(23-4)21-10-11/h5,7,9-10H,6,8H2,1-4H3,(H,20,22). The van der Waals surface area contributed by atoms with E-state index in [4.69, 9.17) is 4.74 Å². The Morgan fingerprint density at radius 3 is 2.54 bits per heavy atom. The third-order valence-electron chi connectivity index (χ3n) is 2.66. The smallest absolute Gasteiger partial charge is 0.421 e. The molecule has 0 radical (unpaired) electrons. The Morgan fingerprint density at radius 2 is 2.00 bits per heavy atom. The first-order valence-corrected chi connectivity index (χ1v) is 7.27. The number of alkyl carbamates (subject to hydrolysis) is 1. The summed E-state index contributed by atoms with van der Waals surface area (Å²) < 4.78 is 48.3. The Morgan fingerprint density at radius 1 is 1.33 bits per heavy atom. The number of aromatic nitrogens is 1. The Bertz CT molecular complexity index is 593. The van der Waals surface area contributed by atoms with Gasteiger partial charge in [0.15, 0.2) is 0 Å². The van der Waals surface area contributed by atoms with E-state index in [2.05, 4.69) is 15.0 Å². The SMILES string of the molecule is COc1ncc(C=CCCNC(=O)OC(C)(C)C)cc1C(F)(F)F. The van der Waals surface area contributed by atoms with Gasteiger partial charge in [-0.3, -0.25) is 0 Å². The number of halogens is 3. The first kappa shape index (κ1) is 19.8. The lowest BCUT2D eigenvalue weighted by atomic mass is 10.1. The monoisotopic (exact) mass is 346 g/mol. The Labute approximate surface area is 138 Å². The van der Waals surface area contributed by atoms with Crippen molar-refractivity contribution < 1.29 is 27.4 Å². The number of ether oxygens (including phenoxy) is 2. The van der Waals surface area contributed by atoms with Crippen LogP contribution in [0.2, 0.25) is 0 Å². The number of nitrogens with zero attached hydrogens (tertiary/aromatic N) is 1. The minimum absolute atomic E-state index is 0.292. The molecule has 0 unspecified atom stereocenters. The number of pyridine rings is 1. The van der Waals surface area contributed by atoms with Crippen molar-refractivity contribution >= 4 is 12.2 Å². The number of alkyl halides is 3. The van der Waals surface area contributed by atoms with Gasteiger partial charge < -0.3 is 14.8 Å². The minimum atomic E-state index is -4.54. The zero-order chi connectivity index (χ0) is 18.4. The Hall–Kier alpha value is -2.25. The van der Waals surface area contributed by atoms with Crippen molar-refractivity contribution in [3.63, 3.8) is 0 Å². The second-order valence-electron chi connectivity index (χ2n) is 5.94. The summed E-state index contributed by atoms with van der Waals surface area (Å²) in [4.78, 5) is 15.1. The lowest BCUT2D eigenvalue weighted by molar-refractivity contribution is -0.139. The molecule has 8 heteroatoms. The quantitative estimate of drug-likeness (QED) is 0.818. The molecule has 1 aromatic heterocycles. The van der Waals surface area contributed by atoms with Crippen molar-refractivity contribution in [2.45, 2.75) is 39.0 Å². The highest BCUT2D eigenvalue weighted by atomic mass is 19.4. The molecule has 0 bridgehead atoms. The molecular formula is C16H21F3N2O3. The maximum Gasteiger partial charge on any atom is 0.421 e. The molecular weight excluding hydrogens is 325 g/mol. The van der Waals surface area contributed by atoms with Gasteiger partial charge in [0.25, 0.3) is 0 Å². The van der Waals surface area contributed by atoms with Gasteiger partial charge in [-0.05, 0) is 38.8 Å². The molecule has 0 spiro atoms. The number of nitrogens with one attached hydrogen (secondary N) is 1. The second kappa shape index (κ2) is 8.03. The van der Waals surface area contributed by atoms with E-state index in [0.29, 0.717) is 18.5 Å². The third-order valence-corrected chi connectivity index (χ3v) is 2.66. The number of methoxy groups -OCH3 is 1. The van der Waals surface area contributed by atoms with Gasteiger partial charge in [-0.15, -0.1) is 0 Å². The number of amides is 1. The average Bonchev–Trinajstić information content (AvgIpc) is 2.44. The van der Waals surface area contributed by atoms with Crippen molar-refractivity contribution in [1.29, 1.82) is 0 Å². The van der Waals surface area contributed by atoms with Gasteiger partial charge in [-0.25, -0.2) is 9.78 Å². The average molecular weight is 346 g/mol. The number of carbonyl (C=O) groups is 1. The zero-order valence-electron chi connectivity index (χ0n) is 14.0. The van der Waals surface area contributed by atoms with Crippen molar-refractivity contribution in [2.24, 2.45) is 0 Å². The summed E-state index contributed by atoms with van der Waals surface area (Å²) in [6.07, 6.45) is -0.223. The van der Waals surface area contributed by atoms with E-state index in [0.717, 1.165) is 13.2 Å². The molecule has 1 heterocycles. The summed E-state index contributed by atoms with van der Waals surface area (Å²) in [5.74, 6) is -0.466. The van der Waals surface area contributed by atoms with Gasteiger partial charge >= 0.3 is 12.3 Å². The van der Waals surface area contributed by atoms with Crippen LogP contribution < -0.4 is 10.1 Å². The van der Waals surface area contributed by atoms with E-state index in [1.54, 1.807) is 26.8 Å². The molecule has 1 aromatic rings. The van der Waals surface area contributed by atoms with Gasteiger partial charge in [0.2, 0.25) is 5.88 Å². The molecule has 24 heavy (non-hydrogen) atoms. The lowest BCUT2D eigenvalue weighted by Gasteiger charge is -2.19. The zero-order valence-corrected chi connectivity index (χ0v) is 14.0. The fraction of sp³-hybridized carbons (Fsp3) is 0.500. The molecule has 0 atom stereocenters. The van der Waals surface area contributed by atoms with Crippen LogP contribution in [0.4, 0.5) is 18.0 Å². The molecule has 1 rings (SSSR count). The second-order valence-corrected chi connectivity index (χ2v) is 5.94. The number of hydrogen-bond donors (Lipinski definition) is 1. The highest BCUT2D eigenvalue weighted by molar-refractivity contribution is 5.67. The van der Waals surface area contributed by atoms with E-state index in [9.17, 15) is 18.0 Å². The third kappa shape index (κ3) is 6.89. The maximum atomic E-state index is 12.9. The summed E-state index contributed by atoms with van der Waals surface area (Å²) in [6, 6.07) is 0.962. The largest absolute Gasteiger partial charge is 0.481 e. The fourth-order valence-electron chi connectivity index (χ4n) is 1.72. The number of rotatable bonds is 5. The molecule has 1 N–H and O–H groups in total. The van der Waals surface area contributed by atoms with Crippen molar-refractivity contribution in [2.75, 3.05) is 13.7 Å². The summed E-state index contributed by atoms with van der Waals surface area (Å²) in [5, 5.41) is 2.55. The van der Waals surface area contributed by atoms with Gasteiger partial charge in [0.1, 0.15) is 11.2 Å². The number of carbonyl (C=O) groups excluding carboxylic acids is 1. The van der Waals surface area contributed by atoms with E-state index in [1.807, 2.05) is 0 Å². The first-order chi connectivity index (χ1) is 11.0. The Balaban J connectivity index is 2.58. The molecule has 0 saturated carbocycles. The maximum absolute atomic E-state index is 12.9. The number of hydrogen-bond acceptors (Lipinski definition) is 4. The summed E-state index contributed by atoms with van der Waals surface area (Å²) in [6.45, 7) is 5.56. The van der Waals surface area contributed by atoms with Crippen LogP contribution in [0.5, 0.6) is 5.88 Å². The van der Waals surface area contributed by atoms with E-state index < -0.39 is 29.3 Å². The fourth-order valence-corrected chi connectivity index (χ4v) is 1.72. The molecule has 0 aliphatic rings. The van der Waals surface area contributed by atoms with Crippen LogP contribution in [0, 0.1) is 0 Å². The molecule has 1 amide bonds. The van der Waals surface area contributed by atoms with Crippen LogP contribution in [-0.4, -0.2) is 30.3 Å². The molecule has 134 valence electrons.